The first kappa shape index (κ1) is 7.98. The molecule has 0 aromatic carbocycles. The van der Waals surface area contributed by atoms with Crippen LogP contribution in [0.25, 0.3) is 0 Å². The van der Waals surface area contributed by atoms with Gasteiger partial charge in [0.05, 0.1) is 0 Å². The zero-order valence-electron chi connectivity index (χ0n) is 7.02. The Morgan fingerprint density at radius 2 is 2.33 bits per heavy atom. The molecule has 1 saturated carbocycles. The SMILES string of the molecule is CC1(CC2CC2)NC(=S)NC1=O. The Bertz CT molecular complexity index is 249. The molecule has 2 fully saturated rings. The van der Waals surface area contributed by atoms with Crippen molar-refractivity contribution in [2.24, 2.45) is 5.92 Å². The first-order valence-electron chi connectivity index (χ1n) is 4.24. The number of carbonyl (C=O) groups is 1. The fraction of sp³-hybridized carbons (Fsp3) is 0.750. The molecule has 0 aromatic rings. The van der Waals surface area contributed by atoms with E-state index in [4.69, 9.17) is 12.2 Å². The molecule has 1 saturated heterocycles. The van der Waals surface area contributed by atoms with Gasteiger partial charge >= 0.3 is 0 Å². The third kappa shape index (κ3) is 1.31. The average Bonchev–Trinajstić information content (AvgIpc) is 2.65. The summed E-state index contributed by atoms with van der Waals surface area (Å²) in [6, 6.07) is 0. The largest absolute Gasteiger partial charge is 0.348 e. The van der Waals surface area contributed by atoms with Crippen LogP contribution in [0.3, 0.4) is 0 Å². The van der Waals surface area contributed by atoms with Crippen molar-refractivity contribution in [3.05, 3.63) is 0 Å². The highest BCUT2D eigenvalue weighted by atomic mass is 32.1. The molecule has 2 rings (SSSR count). The van der Waals surface area contributed by atoms with Crippen LogP contribution in [0.2, 0.25) is 0 Å². The van der Waals surface area contributed by atoms with Gasteiger partial charge in [0.1, 0.15) is 5.54 Å². The monoisotopic (exact) mass is 184 g/mol. The molecule has 1 aliphatic heterocycles. The van der Waals surface area contributed by atoms with Crippen molar-refractivity contribution >= 4 is 23.2 Å². The van der Waals surface area contributed by atoms with E-state index in [1.165, 1.54) is 12.8 Å². The summed E-state index contributed by atoms with van der Waals surface area (Å²) in [5.74, 6) is 0.758. The topological polar surface area (TPSA) is 41.1 Å². The highest BCUT2D eigenvalue weighted by molar-refractivity contribution is 7.80. The van der Waals surface area contributed by atoms with Crippen molar-refractivity contribution in [2.45, 2.75) is 31.7 Å². The standard InChI is InChI=1S/C8H12N2OS/c1-8(4-5-2-3-5)6(11)9-7(12)10-8/h5H,2-4H2,1H3,(H2,9,10,11,12). The van der Waals surface area contributed by atoms with E-state index < -0.39 is 5.54 Å². The van der Waals surface area contributed by atoms with Gasteiger partial charge in [-0.2, -0.15) is 0 Å². The summed E-state index contributed by atoms with van der Waals surface area (Å²) in [4.78, 5) is 11.4. The number of hydrogen-bond donors (Lipinski definition) is 2. The Morgan fingerprint density at radius 1 is 1.67 bits per heavy atom. The maximum absolute atomic E-state index is 11.4. The molecule has 1 amide bonds. The van der Waals surface area contributed by atoms with Crippen LogP contribution in [-0.2, 0) is 4.79 Å². The fourth-order valence-electron chi connectivity index (χ4n) is 1.62. The smallest absolute Gasteiger partial charge is 0.251 e. The minimum absolute atomic E-state index is 0.0272. The Labute approximate surface area is 76.9 Å². The Morgan fingerprint density at radius 3 is 2.75 bits per heavy atom. The highest BCUT2D eigenvalue weighted by Gasteiger charge is 2.43. The molecule has 4 heteroatoms. The van der Waals surface area contributed by atoms with Gasteiger partial charge in [-0.3, -0.25) is 4.79 Å². The highest BCUT2D eigenvalue weighted by Crippen LogP contribution is 2.37. The van der Waals surface area contributed by atoms with E-state index in [0.717, 1.165) is 12.3 Å². The molecule has 0 spiro atoms. The summed E-state index contributed by atoms with van der Waals surface area (Å²) in [6.45, 7) is 1.92. The van der Waals surface area contributed by atoms with Crippen molar-refractivity contribution in [3.63, 3.8) is 0 Å². The van der Waals surface area contributed by atoms with Gasteiger partial charge in [-0.05, 0) is 31.5 Å². The number of rotatable bonds is 2. The normalized spacial score (nSPS) is 34.8. The first-order valence-corrected chi connectivity index (χ1v) is 4.64. The van der Waals surface area contributed by atoms with Crippen LogP contribution in [0.15, 0.2) is 0 Å². The quantitative estimate of drug-likeness (QED) is 0.616. The van der Waals surface area contributed by atoms with Gasteiger partial charge in [0.2, 0.25) is 0 Å². The molecule has 2 N–H and O–H groups in total. The second kappa shape index (κ2) is 2.42. The lowest BCUT2D eigenvalue weighted by Crippen LogP contribution is -2.43. The number of hydrogen-bond acceptors (Lipinski definition) is 2. The van der Waals surface area contributed by atoms with Gasteiger partial charge in [-0.15, -0.1) is 0 Å². The molecule has 0 bridgehead atoms. The van der Waals surface area contributed by atoms with E-state index in [-0.39, 0.29) is 5.91 Å². The maximum atomic E-state index is 11.4. The summed E-state index contributed by atoms with van der Waals surface area (Å²) in [5, 5.41) is 6.12. The van der Waals surface area contributed by atoms with E-state index in [9.17, 15) is 4.79 Å². The van der Waals surface area contributed by atoms with Gasteiger partial charge in [0, 0.05) is 0 Å². The van der Waals surface area contributed by atoms with Gasteiger partial charge in [-0.25, -0.2) is 0 Å². The molecule has 3 nitrogen and oxygen atoms in total. The average molecular weight is 184 g/mol. The molecule has 12 heavy (non-hydrogen) atoms. The number of amides is 1. The van der Waals surface area contributed by atoms with Crippen LogP contribution < -0.4 is 10.6 Å². The van der Waals surface area contributed by atoms with E-state index in [1.807, 2.05) is 6.92 Å². The lowest BCUT2D eigenvalue weighted by molar-refractivity contribution is -0.123. The second-order valence-corrected chi connectivity index (χ2v) is 4.30. The molecule has 0 radical (unpaired) electrons. The van der Waals surface area contributed by atoms with Crippen LogP contribution in [0.4, 0.5) is 0 Å². The van der Waals surface area contributed by atoms with E-state index in [0.29, 0.717) is 5.11 Å². The summed E-state index contributed by atoms with van der Waals surface area (Å²) < 4.78 is 0. The Balaban J connectivity index is 2.07. The van der Waals surface area contributed by atoms with E-state index >= 15 is 0 Å². The number of carbonyl (C=O) groups excluding carboxylic acids is 1. The van der Waals surface area contributed by atoms with Gasteiger partial charge < -0.3 is 10.6 Å². The van der Waals surface area contributed by atoms with Crippen molar-refractivity contribution in [3.8, 4) is 0 Å². The number of thiocarbonyl (C=S) groups is 1. The molecule has 0 aromatic heterocycles. The third-order valence-electron chi connectivity index (χ3n) is 2.51. The summed E-state index contributed by atoms with van der Waals surface area (Å²) in [7, 11) is 0. The summed E-state index contributed by atoms with van der Waals surface area (Å²) in [5.41, 5.74) is -0.432. The van der Waals surface area contributed by atoms with Crippen LogP contribution in [0.5, 0.6) is 0 Å². The molecular weight excluding hydrogens is 172 g/mol. The zero-order chi connectivity index (χ0) is 8.77. The predicted octanol–water partition coefficient (Wildman–Crippen LogP) is 0.549. The minimum atomic E-state index is -0.432. The molecule has 2 aliphatic rings. The Kier molecular flexibility index (Phi) is 1.61. The predicted molar refractivity (Wildman–Crippen MR) is 49.6 cm³/mol. The number of nitrogens with one attached hydrogen (secondary N) is 2. The third-order valence-corrected chi connectivity index (χ3v) is 2.72. The van der Waals surface area contributed by atoms with E-state index in [1.54, 1.807) is 0 Å². The van der Waals surface area contributed by atoms with Crippen molar-refractivity contribution in [2.75, 3.05) is 0 Å². The first-order chi connectivity index (χ1) is 5.60. The molecule has 66 valence electrons. The van der Waals surface area contributed by atoms with Crippen molar-refractivity contribution in [1.29, 1.82) is 0 Å². The van der Waals surface area contributed by atoms with Gasteiger partial charge in [-0.1, -0.05) is 12.8 Å². The maximum Gasteiger partial charge on any atom is 0.251 e. The lowest BCUT2D eigenvalue weighted by Gasteiger charge is -2.20. The summed E-state index contributed by atoms with van der Waals surface area (Å²) in [6.07, 6.45) is 3.44. The molecule has 1 aliphatic carbocycles. The molecule has 1 heterocycles. The molecule has 1 unspecified atom stereocenters. The van der Waals surface area contributed by atoms with Crippen molar-refractivity contribution in [1.82, 2.24) is 10.6 Å². The fourth-order valence-corrected chi connectivity index (χ4v) is 1.94. The molecular formula is C8H12N2OS. The minimum Gasteiger partial charge on any atom is -0.348 e. The van der Waals surface area contributed by atoms with Crippen LogP contribution in [0.1, 0.15) is 26.2 Å². The van der Waals surface area contributed by atoms with Gasteiger partial charge in [0.25, 0.3) is 5.91 Å². The Hall–Kier alpha value is -0.640. The lowest BCUT2D eigenvalue weighted by atomic mass is 9.95. The molecule has 1 atom stereocenters. The van der Waals surface area contributed by atoms with Crippen molar-refractivity contribution < 1.29 is 4.79 Å². The zero-order valence-corrected chi connectivity index (χ0v) is 7.83. The second-order valence-electron chi connectivity index (χ2n) is 3.89. The van der Waals surface area contributed by atoms with Gasteiger partial charge in [0.15, 0.2) is 5.11 Å². The van der Waals surface area contributed by atoms with E-state index in [2.05, 4.69) is 10.6 Å². The van der Waals surface area contributed by atoms with Crippen LogP contribution in [0, 0.1) is 5.92 Å². The summed E-state index contributed by atoms with van der Waals surface area (Å²) >= 11 is 4.88. The van der Waals surface area contributed by atoms with Crippen LogP contribution >= 0.6 is 12.2 Å². The van der Waals surface area contributed by atoms with Crippen LogP contribution in [-0.4, -0.2) is 16.6 Å².